The number of fused-ring (bicyclic) bond motifs is 7. The van der Waals surface area contributed by atoms with Crippen LogP contribution in [0.3, 0.4) is 0 Å². The van der Waals surface area contributed by atoms with Crippen molar-refractivity contribution < 1.29 is 4.42 Å². The van der Waals surface area contributed by atoms with Crippen molar-refractivity contribution in [1.29, 1.82) is 0 Å². The SMILES string of the molecule is c1ccc(C2(c3ccccc3)c3ccccc3-c3ccc(-c4ccc(N(c5ccc(-c6ccc7oc8ccccc8c7c6)cc5)c5cccc(-c6ccc7ccccc7c6)c5)cc4)cc32)cc1. The van der Waals surface area contributed by atoms with Gasteiger partial charge in [0, 0.05) is 27.8 Å². The van der Waals surface area contributed by atoms with Gasteiger partial charge in [0.15, 0.2) is 0 Å². The van der Waals surface area contributed by atoms with Crippen LogP contribution in [-0.2, 0) is 5.41 Å². The molecule has 0 spiro atoms. The molecular weight excluding hydrogens is 811 g/mol. The van der Waals surface area contributed by atoms with Crippen molar-refractivity contribution >= 4 is 49.8 Å². The Bertz CT molecular complexity index is 3750. The molecule has 12 aromatic rings. The lowest BCUT2D eigenvalue weighted by atomic mass is 9.67. The first-order valence-electron chi connectivity index (χ1n) is 23.1. The molecule has 0 saturated heterocycles. The minimum Gasteiger partial charge on any atom is -0.456 e. The van der Waals surface area contributed by atoms with Gasteiger partial charge in [0.2, 0.25) is 0 Å². The summed E-state index contributed by atoms with van der Waals surface area (Å²) in [5, 5.41) is 4.73. The molecule has 1 aliphatic carbocycles. The van der Waals surface area contributed by atoms with Crippen molar-refractivity contribution in [3.63, 3.8) is 0 Å². The monoisotopic (exact) mass is 853 g/mol. The van der Waals surface area contributed by atoms with Gasteiger partial charge in [-0.15, -0.1) is 0 Å². The van der Waals surface area contributed by atoms with E-state index < -0.39 is 5.41 Å². The molecule has 0 bridgehead atoms. The number of para-hydroxylation sites is 1. The molecule has 67 heavy (non-hydrogen) atoms. The summed E-state index contributed by atoms with van der Waals surface area (Å²) in [5.74, 6) is 0. The topological polar surface area (TPSA) is 16.4 Å². The van der Waals surface area contributed by atoms with E-state index in [1.165, 1.54) is 66.4 Å². The molecule has 2 heteroatoms. The predicted octanol–water partition coefficient (Wildman–Crippen LogP) is 17.6. The van der Waals surface area contributed by atoms with E-state index in [4.69, 9.17) is 4.42 Å². The van der Waals surface area contributed by atoms with Crippen LogP contribution in [0.25, 0.3) is 77.2 Å². The maximum Gasteiger partial charge on any atom is 0.135 e. The fourth-order valence-electron chi connectivity index (χ4n) is 10.8. The normalized spacial score (nSPS) is 12.6. The number of benzene rings is 11. The van der Waals surface area contributed by atoms with Crippen molar-refractivity contribution in [2.45, 2.75) is 5.41 Å². The summed E-state index contributed by atoms with van der Waals surface area (Å²) in [7, 11) is 0. The van der Waals surface area contributed by atoms with Crippen LogP contribution in [0.2, 0.25) is 0 Å². The third kappa shape index (κ3) is 6.41. The van der Waals surface area contributed by atoms with E-state index in [-0.39, 0.29) is 0 Å². The lowest BCUT2D eigenvalue weighted by molar-refractivity contribution is 0.669. The zero-order valence-corrected chi connectivity index (χ0v) is 36.7. The van der Waals surface area contributed by atoms with Crippen LogP contribution >= 0.6 is 0 Å². The Labute approximate surface area is 390 Å². The molecular formula is C65H43NO. The Morgan fingerprint density at radius 3 is 1.57 bits per heavy atom. The molecule has 314 valence electrons. The zero-order valence-electron chi connectivity index (χ0n) is 36.7. The average Bonchev–Trinajstić information content (AvgIpc) is 3.93. The first-order chi connectivity index (χ1) is 33.2. The second kappa shape index (κ2) is 15.8. The maximum atomic E-state index is 6.16. The van der Waals surface area contributed by atoms with Crippen molar-refractivity contribution in [1.82, 2.24) is 0 Å². The Morgan fingerprint density at radius 1 is 0.284 bits per heavy atom. The van der Waals surface area contributed by atoms with Crippen LogP contribution in [0.15, 0.2) is 265 Å². The minimum atomic E-state index is -0.457. The molecule has 0 amide bonds. The lowest BCUT2D eigenvalue weighted by Crippen LogP contribution is -2.28. The molecule has 0 unspecified atom stereocenters. The minimum absolute atomic E-state index is 0.457. The molecule has 0 N–H and O–H groups in total. The third-order valence-electron chi connectivity index (χ3n) is 13.9. The fourth-order valence-corrected chi connectivity index (χ4v) is 10.8. The quantitative estimate of drug-likeness (QED) is 0.151. The smallest absolute Gasteiger partial charge is 0.135 e. The molecule has 0 atom stereocenters. The molecule has 1 aromatic heterocycles. The molecule has 13 rings (SSSR count). The van der Waals surface area contributed by atoms with Gasteiger partial charge in [0.05, 0.1) is 5.41 Å². The van der Waals surface area contributed by atoms with E-state index >= 15 is 0 Å². The molecule has 11 aromatic carbocycles. The van der Waals surface area contributed by atoms with E-state index in [2.05, 4.69) is 254 Å². The highest BCUT2D eigenvalue weighted by Crippen LogP contribution is 2.56. The van der Waals surface area contributed by atoms with Crippen molar-refractivity contribution in [2.24, 2.45) is 0 Å². The number of anilines is 3. The van der Waals surface area contributed by atoms with Crippen LogP contribution in [0, 0.1) is 0 Å². The van der Waals surface area contributed by atoms with Gasteiger partial charge in [-0.1, -0.05) is 194 Å². The first kappa shape index (κ1) is 38.7. The summed E-state index contributed by atoms with van der Waals surface area (Å²) in [5.41, 5.74) is 19.3. The van der Waals surface area contributed by atoms with Gasteiger partial charge in [0.1, 0.15) is 11.2 Å². The van der Waals surface area contributed by atoms with Gasteiger partial charge in [0.25, 0.3) is 0 Å². The Kier molecular flexibility index (Phi) is 9.11. The van der Waals surface area contributed by atoms with Gasteiger partial charge < -0.3 is 9.32 Å². The van der Waals surface area contributed by atoms with Gasteiger partial charge in [-0.05, 0) is 144 Å². The summed E-state index contributed by atoms with van der Waals surface area (Å²) in [6.45, 7) is 0. The Balaban J connectivity index is 0.915. The van der Waals surface area contributed by atoms with Crippen LogP contribution in [0.4, 0.5) is 17.1 Å². The van der Waals surface area contributed by atoms with E-state index in [1.54, 1.807) is 0 Å². The third-order valence-corrected chi connectivity index (χ3v) is 13.9. The van der Waals surface area contributed by atoms with E-state index in [0.29, 0.717) is 0 Å². The standard InChI is InChI=1S/C65H43NO/c1-3-17-52(18-4-1)65(53-19-5-2-6-20-53)61-24-11-9-22-57(61)58-38-32-51(43-62(58)65)46-30-36-55(37-31-46)66(56-21-13-16-48(41-56)49-27-26-44-14-7-8-15-47(44)40-49)54-34-28-45(29-35-54)50-33-39-64-60(42-50)59-23-10-12-25-63(59)67-64/h1-43H. The second-order valence-corrected chi connectivity index (χ2v) is 17.6. The predicted molar refractivity (Wildman–Crippen MR) is 280 cm³/mol. The molecule has 1 heterocycles. The van der Waals surface area contributed by atoms with Crippen molar-refractivity contribution in [2.75, 3.05) is 4.90 Å². The molecule has 0 aliphatic heterocycles. The van der Waals surface area contributed by atoms with Crippen LogP contribution in [0.1, 0.15) is 22.3 Å². The van der Waals surface area contributed by atoms with Gasteiger partial charge in [-0.25, -0.2) is 0 Å². The number of nitrogens with zero attached hydrogens (tertiary/aromatic N) is 1. The highest BCUT2D eigenvalue weighted by atomic mass is 16.3. The highest BCUT2D eigenvalue weighted by molar-refractivity contribution is 6.06. The number of rotatable bonds is 8. The van der Waals surface area contributed by atoms with E-state index in [1.807, 2.05) is 12.1 Å². The van der Waals surface area contributed by atoms with Gasteiger partial charge >= 0.3 is 0 Å². The second-order valence-electron chi connectivity index (χ2n) is 17.6. The average molecular weight is 854 g/mol. The van der Waals surface area contributed by atoms with E-state index in [0.717, 1.165) is 50.1 Å². The van der Waals surface area contributed by atoms with Crippen LogP contribution < -0.4 is 4.90 Å². The first-order valence-corrected chi connectivity index (χ1v) is 23.1. The highest BCUT2D eigenvalue weighted by Gasteiger charge is 2.46. The fraction of sp³-hybridized carbons (Fsp3) is 0.0154. The largest absolute Gasteiger partial charge is 0.456 e. The number of furan rings is 1. The Morgan fingerprint density at radius 2 is 0.821 bits per heavy atom. The summed E-state index contributed by atoms with van der Waals surface area (Å²) in [6.07, 6.45) is 0. The Hall–Kier alpha value is -8.72. The van der Waals surface area contributed by atoms with Crippen LogP contribution in [0.5, 0.6) is 0 Å². The zero-order chi connectivity index (χ0) is 44.3. The molecule has 1 aliphatic rings. The maximum absolute atomic E-state index is 6.16. The molecule has 0 radical (unpaired) electrons. The molecule has 0 fully saturated rings. The van der Waals surface area contributed by atoms with Gasteiger partial charge in [-0.2, -0.15) is 0 Å². The van der Waals surface area contributed by atoms with Gasteiger partial charge in [-0.3, -0.25) is 0 Å². The summed E-state index contributed by atoms with van der Waals surface area (Å²) >= 11 is 0. The summed E-state index contributed by atoms with van der Waals surface area (Å²) < 4.78 is 6.16. The number of hydrogen-bond donors (Lipinski definition) is 0. The van der Waals surface area contributed by atoms with Crippen molar-refractivity contribution in [3.05, 3.63) is 283 Å². The number of hydrogen-bond acceptors (Lipinski definition) is 2. The molecule has 2 nitrogen and oxygen atoms in total. The van der Waals surface area contributed by atoms with Crippen LogP contribution in [-0.4, -0.2) is 0 Å². The summed E-state index contributed by atoms with van der Waals surface area (Å²) in [6, 6.07) is 95.1. The van der Waals surface area contributed by atoms with E-state index in [9.17, 15) is 0 Å². The lowest BCUT2D eigenvalue weighted by Gasteiger charge is -2.34. The summed E-state index contributed by atoms with van der Waals surface area (Å²) in [4.78, 5) is 2.38. The molecule has 0 saturated carbocycles. The van der Waals surface area contributed by atoms with Crippen molar-refractivity contribution in [3.8, 4) is 44.5 Å².